The molecule has 1 aromatic rings. The number of carbonyl (C=O) groups is 2. The fraction of sp³-hybridized carbons (Fsp3) is 0.632. The third-order valence-electron chi connectivity index (χ3n) is 5.21. The Morgan fingerprint density at radius 1 is 1.20 bits per heavy atom. The van der Waals surface area contributed by atoms with Crippen molar-refractivity contribution in [3.8, 4) is 0 Å². The third-order valence-corrected chi connectivity index (χ3v) is 5.21. The molecule has 0 bridgehead atoms. The molecule has 136 valence electrons. The van der Waals surface area contributed by atoms with E-state index in [9.17, 15) is 9.59 Å². The van der Waals surface area contributed by atoms with E-state index in [4.69, 9.17) is 0 Å². The van der Waals surface area contributed by atoms with Crippen LogP contribution in [0.5, 0.6) is 0 Å². The molecule has 2 aliphatic rings. The van der Waals surface area contributed by atoms with Crippen molar-refractivity contribution < 1.29 is 9.59 Å². The minimum Gasteiger partial charge on any atom is -0.342 e. The number of hydrogen-bond donors (Lipinski definition) is 1. The van der Waals surface area contributed by atoms with E-state index in [0.29, 0.717) is 18.4 Å². The average molecular weight is 344 g/mol. The Morgan fingerprint density at radius 2 is 1.92 bits per heavy atom. The van der Waals surface area contributed by atoms with Gasteiger partial charge in [0.05, 0.1) is 0 Å². The molecule has 0 saturated carbocycles. The molecule has 0 aliphatic carbocycles. The first kappa shape index (κ1) is 17.7. The van der Waals surface area contributed by atoms with Crippen LogP contribution in [-0.2, 0) is 4.79 Å². The average Bonchev–Trinajstić information content (AvgIpc) is 2.59. The highest BCUT2D eigenvalue weighted by molar-refractivity contribution is 5.78. The van der Waals surface area contributed by atoms with Gasteiger partial charge in [0.2, 0.25) is 5.91 Å². The van der Waals surface area contributed by atoms with Crippen LogP contribution in [0.3, 0.4) is 0 Å². The van der Waals surface area contributed by atoms with Crippen LogP contribution in [0.25, 0.3) is 0 Å². The third kappa shape index (κ3) is 4.30. The van der Waals surface area contributed by atoms with Gasteiger partial charge in [-0.1, -0.05) is 13.8 Å². The van der Waals surface area contributed by atoms with Crippen molar-refractivity contribution in [1.29, 1.82) is 0 Å². The maximum Gasteiger partial charge on any atom is 0.317 e. The number of piperidine rings is 1. The molecule has 3 amide bonds. The molecule has 2 saturated heterocycles. The molecule has 0 aromatic carbocycles. The molecule has 3 rings (SSSR count). The van der Waals surface area contributed by atoms with Crippen molar-refractivity contribution in [2.24, 2.45) is 11.8 Å². The summed E-state index contributed by atoms with van der Waals surface area (Å²) in [7, 11) is 0. The summed E-state index contributed by atoms with van der Waals surface area (Å²) >= 11 is 0. The first-order chi connectivity index (χ1) is 12.0. The highest BCUT2D eigenvalue weighted by atomic mass is 16.2. The summed E-state index contributed by atoms with van der Waals surface area (Å²) in [5, 5.41) is 3.05. The Hall–Kier alpha value is -2.11. The minimum atomic E-state index is 0.0117. The molecule has 0 spiro atoms. The van der Waals surface area contributed by atoms with Crippen molar-refractivity contribution in [2.75, 3.05) is 32.7 Å². The van der Waals surface area contributed by atoms with Gasteiger partial charge in [-0.3, -0.25) is 9.78 Å². The number of nitrogens with zero attached hydrogens (tertiary/aromatic N) is 3. The quantitative estimate of drug-likeness (QED) is 0.909. The Labute approximate surface area is 149 Å². The topological polar surface area (TPSA) is 65.5 Å². The molecule has 0 unspecified atom stereocenters. The second-order valence-electron chi connectivity index (χ2n) is 7.52. The molecule has 2 fully saturated rings. The number of nitrogens with one attached hydrogen (secondary N) is 1. The molecule has 0 radical (unpaired) electrons. The lowest BCUT2D eigenvalue weighted by molar-refractivity contribution is -0.136. The van der Waals surface area contributed by atoms with Crippen molar-refractivity contribution >= 4 is 11.9 Å². The van der Waals surface area contributed by atoms with Gasteiger partial charge in [-0.15, -0.1) is 0 Å². The number of likely N-dealkylation sites (tertiary alicyclic amines) is 2. The Morgan fingerprint density at radius 3 is 2.60 bits per heavy atom. The molecule has 1 aromatic heterocycles. The highest BCUT2D eigenvalue weighted by Gasteiger charge is 2.32. The van der Waals surface area contributed by atoms with E-state index in [1.807, 2.05) is 35.8 Å². The molecule has 1 atom stereocenters. The Balaban J connectivity index is 1.40. The number of aromatic nitrogens is 1. The molecular formula is C19H28N4O2. The number of pyridine rings is 1. The van der Waals surface area contributed by atoms with Gasteiger partial charge in [-0.05, 0) is 36.5 Å². The fourth-order valence-corrected chi connectivity index (χ4v) is 3.63. The van der Waals surface area contributed by atoms with Crippen LogP contribution in [0.15, 0.2) is 24.5 Å². The maximum absolute atomic E-state index is 12.3. The molecule has 3 heterocycles. The maximum atomic E-state index is 12.3. The van der Waals surface area contributed by atoms with Crippen LogP contribution in [0.2, 0.25) is 0 Å². The smallest absolute Gasteiger partial charge is 0.317 e. The van der Waals surface area contributed by atoms with Crippen LogP contribution < -0.4 is 5.32 Å². The second kappa shape index (κ2) is 7.85. The van der Waals surface area contributed by atoms with Gasteiger partial charge in [0.25, 0.3) is 0 Å². The molecule has 2 aliphatic heterocycles. The van der Waals surface area contributed by atoms with E-state index in [1.165, 1.54) is 5.56 Å². The number of amides is 3. The van der Waals surface area contributed by atoms with E-state index in [-0.39, 0.29) is 17.9 Å². The van der Waals surface area contributed by atoms with Gasteiger partial charge < -0.3 is 15.1 Å². The lowest BCUT2D eigenvalue weighted by atomic mass is 9.92. The van der Waals surface area contributed by atoms with Gasteiger partial charge in [-0.25, -0.2) is 4.79 Å². The zero-order chi connectivity index (χ0) is 17.8. The number of carbonyl (C=O) groups excluding carboxylic acids is 2. The fourth-order valence-electron chi connectivity index (χ4n) is 3.63. The first-order valence-electron chi connectivity index (χ1n) is 9.26. The molecule has 25 heavy (non-hydrogen) atoms. The van der Waals surface area contributed by atoms with Crippen molar-refractivity contribution in [2.45, 2.75) is 32.6 Å². The number of hydrogen-bond acceptors (Lipinski definition) is 3. The van der Waals surface area contributed by atoms with Crippen LogP contribution >= 0.6 is 0 Å². The van der Waals surface area contributed by atoms with Crippen LogP contribution in [0.1, 0.15) is 38.2 Å². The zero-order valence-electron chi connectivity index (χ0n) is 15.1. The SMILES string of the molecule is CC(C)C(=O)N1CCC[C@@H](CNC(=O)N2CC(c3ccncc3)C2)C1. The zero-order valence-corrected chi connectivity index (χ0v) is 15.1. The first-order valence-corrected chi connectivity index (χ1v) is 9.26. The standard InChI is InChI=1S/C19H28N4O2/c1-14(2)18(24)22-9-3-4-15(11-22)10-21-19(25)23-12-17(13-23)16-5-7-20-8-6-16/h5-8,14-15,17H,3-4,9-13H2,1-2H3,(H,21,25)/t15-/m0/s1. The van der Waals surface area contributed by atoms with Crippen LogP contribution in [0, 0.1) is 11.8 Å². The van der Waals surface area contributed by atoms with Gasteiger partial charge in [0, 0.05) is 57.0 Å². The Bertz CT molecular complexity index is 599. The second-order valence-corrected chi connectivity index (χ2v) is 7.52. The summed E-state index contributed by atoms with van der Waals surface area (Å²) in [6.45, 7) is 7.67. The predicted octanol–water partition coefficient (Wildman–Crippen LogP) is 2.08. The van der Waals surface area contributed by atoms with E-state index >= 15 is 0 Å². The summed E-state index contributed by atoms with van der Waals surface area (Å²) < 4.78 is 0. The van der Waals surface area contributed by atoms with E-state index < -0.39 is 0 Å². The number of rotatable bonds is 4. The van der Waals surface area contributed by atoms with Crippen molar-refractivity contribution in [1.82, 2.24) is 20.1 Å². The van der Waals surface area contributed by atoms with E-state index in [0.717, 1.165) is 39.0 Å². The van der Waals surface area contributed by atoms with Crippen LogP contribution in [-0.4, -0.2) is 59.4 Å². The molecule has 1 N–H and O–H groups in total. The van der Waals surface area contributed by atoms with Crippen molar-refractivity contribution in [3.05, 3.63) is 30.1 Å². The monoisotopic (exact) mass is 344 g/mol. The number of urea groups is 1. The summed E-state index contributed by atoms with van der Waals surface area (Å²) in [5.74, 6) is 1.04. The molecule has 6 heteroatoms. The van der Waals surface area contributed by atoms with Crippen LogP contribution in [0.4, 0.5) is 4.79 Å². The Kier molecular flexibility index (Phi) is 5.56. The predicted molar refractivity (Wildman–Crippen MR) is 96.1 cm³/mol. The lowest BCUT2D eigenvalue weighted by Crippen LogP contribution is -2.54. The van der Waals surface area contributed by atoms with Crippen molar-refractivity contribution in [3.63, 3.8) is 0 Å². The summed E-state index contributed by atoms with van der Waals surface area (Å²) in [4.78, 5) is 32.3. The summed E-state index contributed by atoms with van der Waals surface area (Å²) in [5.41, 5.74) is 1.24. The van der Waals surface area contributed by atoms with E-state index in [2.05, 4.69) is 10.3 Å². The largest absolute Gasteiger partial charge is 0.342 e. The van der Waals surface area contributed by atoms with E-state index in [1.54, 1.807) is 12.4 Å². The minimum absolute atomic E-state index is 0.0117. The normalized spacial score (nSPS) is 21.2. The van der Waals surface area contributed by atoms with Gasteiger partial charge in [-0.2, -0.15) is 0 Å². The lowest BCUT2D eigenvalue weighted by Gasteiger charge is -2.40. The summed E-state index contributed by atoms with van der Waals surface area (Å²) in [6.07, 6.45) is 5.69. The van der Waals surface area contributed by atoms with Gasteiger partial charge in [0.1, 0.15) is 0 Å². The van der Waals surface area contributed by atoms with Gasteiger partial charge >= 0.3 is 6.03 Å². The molecular weight excluding hydrogens is 316 g/mol. The van der Waals surface area contributed by atoms with Gasteiger partial charge in [0.15, 0.2) is 0 Å². The highest BCUT2D eigenvalue weighted by Crippen LogP contribution is 2.26. The molecule has 6 nitrogen and oxygen atoms in total. The summed E-state index contributed by atoms with van der Waals surface area (Å²) in [6, 6.07) is 4.04.